The van der Waals surface area contributed by atoms with Gasteiger partial charge in [-0.25, -0.2) is 0 Å². The lowest BCUT2D eigenvalue weighted by Gasteiger charge is -2.13. The number of benzene rings is 2. The van der Waals surface area contributed by atoms with Crippen molar-refractivity contribution >= 4 is 11.6 Å². The molecular weight excluding hydrogens is 286 g/mol. The maximum Gasteiger partial charge on any atom is 0.123 e. The Kier molecular flexibility index (Phi) is 4.32. The molecule has 4 heteroatoms. The number of methoxy groups -OCH3 is 1. The second-order valence-electron chi connectivity index (χ2n) is 5.14. The molecule has 1 atom stereocenters. The summed E-state index contributed by atoms with van der Waals surface area (Å²) in [5.74, 6) is 1.85. The zero-order valence-electron chi connectivity index (χ0n) is 11.9. The molecule has 1 heterocycles. The Morgan fingerprint density at radius 1 is 1.29 bits per heavy atom. The van der Waals surface area contributed by atoms with Gasteiger partial charge in [-0.1, -0.05) is 29.8 Å². The summed E-state index contributed by atoms with van der Waals surface area (Å²) in [5, 5.41) is 4.14. The minimum atomic E-state index is 0.188. The molecule has 1 unspecified atom stereocenters. The summed E-state index contributed by atoms with van der Waals surface area (Å²) in [6.07, 6.45) is 1.14. The second-order valence-corrected chi connectivity index (χ2v) is 5.58. The molecule has 1 aliphatic heterocycles. The molecule has 0 saturated carbocycles. The van der Waals surface area contributed by atoms with Crippen LogP contribution in [-0.2, 0) is 13.0 Å². The van der Waals surface area contributed by atoms with Gasteiger partial charge >= 0.3 is 0 Å². The van der Waals surface area contributed by atoms with Crippen LogP contribution in [0, 0.1) is 0 Å². The molecule has 0 fully saturated rings. The summed E-state index contributed by atoms with van der Waals surface area (Å²) in [5.41, 5.74) is 2.34. The van der Waals surface area contributed by atoms with Crippen molar-refractivity contribution in [2.75, 3.05) is 13.7 Å². The van der Waals surface area contributed by atoms with Crippen LogP contribution in [0.1, 0.15) is 11.1 Å². The number of rotatable bonds is 5. The van der Waals surface area contributed by atoms with Gasteiger partial charge in [-0.15, -0.1) is 0 Å². The van der Waals surface area contributed by atoms with Crippen molar-refractivity contribution in [3.05, 3.63) is 58.6 Å². The van der Waals surface area contributed by atoms with E-state index in [2.05, 4.69) is 17.4 Å². The van der Waals surface area contributed by atoms with Crippen molar-refractivity contribution < 1.29 is 9.47 Å². The average Bonchev–Trinajstić information content (AvgIpc) is 2.90. The SMILES string of the molecule is COc1ccc(Cl)cc1CNCC1Cc2ccccc2O1. The predicted molar refractivity (Wildman–Crippen MR) is 84.3 cm³/mol. The summed E-state index contributed by atoms with van der Waals surface area (Å²) in [7, 11) is 1.67. The molecule has 0 amide bonds. The standard InChI is InChI=1S/C17H18ClNO2/c1-20-16-7-6-14(18)8-13(16)10-19-11-15-9-12-4-2-3-5-17(12)21-15/h2-8,15,19H,9-11H2,1H3. The fourth-order valence-electron chi connectivity index (χ4n) is 2.62. The van der Waals surface area contributed by atoms with Crippen LogP contribution in [0.25, 0.3) is 0 Å². The average molecular weight is 304 g/mol. The third kappa shape index (κ3) is 3.31. The van der Waals surface area contributed by atoms with Gasteiger partial charge in [0.1, 0.15) is 17.6 Å². The Morgan fingerprint density at radius 3 is 2.95 bits per heavy atom. The first-order valence-electron chi connectivity index (χ1n) is 7.04. The van der Waals surface area contributed by atoms with Crippen molar-refractivity contribution in [1.82, 2.24) is 5.32 Å². The highest BCUT2D eigenvalue weighted by Gasteiger charge is 2.21. The normalized spacial score (nSPS) is 16.4. The van der Waals surface area contributed by atoms with Crippen molar-refractivity contribution in [1.29, 1.82) is 0 Å². The maximum absolute atomic E-state index is 6.03. The molecule has 3 nitrogen and oxygen atoms in total. The molecule has 0 spiro atoms. The molecular formula is C17H18ClNO2. The van der Waals surface area contributed by atoms with Crippen molar-refractivity contribution in [3.63, 3.8) is 0 Å². The smallest absolute Gasteiger partial charge is 0.123 e. The first kappa shape index (κ1) is 14.2. The minimum Gasteiger partial charge on any atom is -0.496 e. The van der Waals surface area contributed by atoms with Crippen LogP contribution in [0.4, 0.5) is 0 Å². The summed E-state index contributed by atoms with van der Waals surface area (Å²) in [6.45, 7) is 1.50. The molecule has 1 N–H and O–H groups in total. The Balaban J connectivity index is 1.55. The van der Waals surface area contributed by atoms with Gasteiger partial charge in [0, 0.05) is 30.1 Å². The highest BCUT2D eigenvalue weighted by Crippen LogP contribution is 2.28. The van der Waals surface area contributed by atoms with Crippen LogP contribution >= 0.6 is 11.6 Å². The summed E-state index contributed by atoms with van der Waals surface area (Å²) >= 11 is 6.03. The number of hydrogen-bond acceptors (Lipinski definition) is 3. The van der Waals surface area contributed by atoms with E-state index in [-0.39, 0.29) is 6.10 Å². The van der Waals surface area contributed by atoms with E-state index in [1.54, 1.807) is 7.11 Å². The van der Waals surface area contributed by atoms with Gasteiger partial charge in [0.15, 0.2) is 0 Å². The summed E-state index contributed by atoms with van der Waals surface area (Å²) in [4.78, 5) is 0. The van der Waals surface area contributed by atoms with E-state index < -0.39 is 0 Å². The third-order valence-electron chi connectivity index (χ3n) is 3.64. The van der Waals surface area contributed by atoms with Gasteiger partial charge in [0.2, 0.25) is 0 Å². The van der Waals surface area contributed by atoms with Gasteiger partial charge in [0.25, 0.3) is 0 Å². The van der Waals surface area contributed by atoms with E-state index in [0.717, 1.165) is 35.1 Å². The molecule has 0 aromatic heterocycles. The topological polar surface area (TPSA) is 30.5 Å². The highest BCUT2D eigenvalue weighted by molar-refractivity contribution is 6.30. The summed E-state index contributed by atoms with van der Waals surface area (Å²) in [6, 6.07) is 13.9. The Bertz CT molecular complexity index is 605. The van der Waals surface area contributed by atoms with Gasteiger partial charge in [-0.2, -0.15) is 0 Å². The molecule has 2 aromatic carbocycles. The highest BCUT2D eigenvalue weighted by atomic mass is 35.5. The van der Waals surface area contributed by atoms with Crippen molar-refractivity contribution in [2.24, 2.45) is 0 Å². The number of halogens is 1. The third-order valence-corrected chi connectivity index (χ3v) is 3.88. The number of ether oxygens (including phenoxy) is 2. The van der Waals surface area contributed by atoms with E-state index in [0.29, 0.717) is 6.54 Å². The first-order valence-corrected chi connectivity index (χ1v) is 7.42. The monoisotopic (exact) mass is 303 g/mol. The Hall–Kier alpha value is -1.71. The molecule has 0 bridgehead atoms. The number of para-hydroxylation sites is 1. The molecule has 0 aliphatic carbocycles. The lowest BCUT2D eigenvalue weighted by Crippen LogP contribution is -2.29. The lowest BCUT2D eigenvalue weighted by molar-refractivity contribution is 0.227. The van der Waals surface area contributed by atoms with Crippen molar-refractivity contribution in [2.45, 2.75) is 19.1 Å². The van der Waals surface area contributed by atoms with Crippen LogP contribution in [0.2, 0.25) is 5.02 Å². The molecule has 0 saturated heterocycles. The number of nitrogens with one attached hydrogen (secondary N) is 1. The van der Waals surface area contributed by atoms with Crippen LogP contribution in [0.3, 0.4) is 0 Å². The van der Waals surface area contributed by atoms with E-state index in [4.69, 9.17) is 21.1 Å². The van der Waals surface area contributed by atoms with E-state index in [1.165, 1.54) is 5.56 Å². The van der Waals surface area contributed by atoms with E-state index >= 15 is 0 Å². The van der Waals surface area contributed by atoms with Gasteiger partial charge in [-0.05, 0) is 29.8 Å². The molecule has 0 radical (unpaired) electrons. The van der Waals surface area contributed by atoms with Gasteiger partial charge < -0.3 is 14.8 Å². The van der Waals surface area contributed by atoms with Crippen molar-refractivity contribution in [3.8, 4) is 11.5 Å². The van der Waals surface area contributed by atoms with Gasteiger partial charge in [0.05, 0.1) is 7.11 Å². The molecule has 2 aromatic rings. The number of fused-ring (bicyclic) bond motifs is 1. The summed E-state index contributed by atoms with van der Waals surface area (Å²) < 4.78 is 11.2. The Morgan fingerprint density at radius 2 is 2.14 bits per heavy atom. The zero-order chi connectivity index (χ0) is 14.7. The molecule has 110 valence electrons. The van der Waals surface area contributed by atoms with E-state index in [9.17, 15) is 0 Å². The minimum absolute atomic E-state index is 0.188. The predicted octanol–water partition coefficient (Wildman–Crippen LogP) is 3.44. The van der Waals surface area contributed by atoms with Crippen LogP contribution in [-0.4, -0.2) is 19.8 Å². The zero-order valence-corrected chi connectivity index (χ0v) is 12.7. The van der Waals surface area contributed by atoms with E-state index in [1.807, 2.05) is 30.3 Å². The quantitative estimate of drug-likeness (QED) is 0.918. The van der Waals surface area contributed by atoms with Gasteiger partial charge in [-0.3, -0.25) is 0 Å². The lowest BCUT2D eigenvalue weighted by atomic mass is 10.1. The fourth-order valence-corrected chi connectivity index (χ4v) is 2.82. The van der Waals surface area contributed by atoms with Crippen LogP contribution < -0.4 is 14.8 Å². The molecule has 3 rings (SSSR count). The second kappa shape index (κ2) is 6.37. The Labute approximate surface area is 129 Å². The first-order chi connectivity index (χ1) is 10.3. The molecule has 1 aliphatic rings. The largest absolute Gasteiger partial charge is 0.496 e. The molecule has 21 heavy (non-hydrogen) atoms. The fraction of sp³-hybridized carbons (Fsp3) is 0.294. The maximum atomic E-state index is 6.03. The number of hydrogen-bond donors (Lipinski definition) is 1. The van der Waals surface area contributed by atoms with Crippen LogP contribution in [0.5, 0.6) is 11.5 Å². The van der Waals surface area contributed by atoms with Crippen LogP contribution in [0.15, 0.2) is 42.5 Å².